The summed E-state index contributed by atoms with van der Waals surface area (Å²) in [6.07, 6.45) is 0.775. The molecular formula is C14H14N2O4. The Kier molecular flexibility index (Phi) is 3.56. The summed E-state index contributed by atoms with van der Waals surface area (Å²) in [6, 6.07) is 6.46. The van der Waals surface area contributed by atoms with Crippen molar-refractivity contribution in [2.24, 2.45) is 0 Å². The number of ether oxygens (including phenoxy) is 1. The summed E-state index contributed by atoms with van der Waals surface area (Å²) < 4.78 is 6.78. The zero-order valence-electron chi connectivity index (χ0n) is 11.4. The monoisotopic (exact) mass is 274 g/mol. The van der Waals surface area contributed by atoms with E-state index in [1.807, 2.05) is 6.92 Å². The molecule has 0 radical (unpaired) electrons. The first-order chi connectivity index (χ1) is 9.49. The average molecular weight is 274 g/mol. The number of methoxy groups -OCH3 is 1. The summed E-state index contributed by atoms with van der Waals surface area (Å²) in [6.45, 7) is 3.64. The van der Waals surface area contributed by atoms with Crippen LogP contribution in [0.4, 0.5) is 5.69 Å². The fourth-order valence-corrected chi connectivity index (χ4v) is 2.26. The van der Waals surface area contributed by atoms with Gasteiger partial charge >= 0.3 is 5.69 Å². The second kappa shape index (κ2) is 5.16. The van der Waals surface area contributed by atoms with Gasteiger partial charge in [0.15, 0.2) is 12.0 Å². The Bertz CT molecular complexity index is 689. The fraction of sp³-hybridized carbons (Fsp3) is 0.214. The number of aldehydes is 1. The van der Waals surface area contributed by atoms with Crippen molar-refractivity contribution in [2.75, 3.05) is 7.11 Å². The van der Waals surface area contributed by atoms with Gasteiger partial charge in [-0.2, -0.15) is 0 Å². The second-order valence-corrected chi connectivity index (χ2v) is 4.39. The summed E-state index contributed by atoms with van der Waals surface area (Å²) in [5, 5.41) is 11.1. The molecule has 0 spiro atoms. The van der Waals surface area contributed by atoms with E-state index in [4.69, 9.17) is 4.74 Å². The Morgan fingerprint density at radius 2 is 2.00 bits per heavy atom. The van der Waals surface area contributed by atoms with Gasteiger partial charge in [-0.05, 0) is 32.0 Å². The van der Waals surface area contributed by atoms with E-state index in [-0.39, 0.29) is 11.4 Å². The molecular weight excluding hydrogens is 260 g/mol. The van der Waals surface area contributed by atoms with E-state index < -0.39 is 4.92 Å². The first-order valence-electron chi connectivity index (χ1n) is 5.96. The first-order valence-corrected chi connectivity index (χ1v) is 5.96. The van der Waals surface area contributed by atoms with Gasteiger partial charge in [0, 0.05) is 23.0 Å². The second-order valence-electron chi connectivity index (χ2n) is 4.39. The number of aromatic nitrogens is 1. The summed E-state index contributed by atoms with van der Waals surface area (Å²) in [5.41, 5.74) is 2.67. The Hall–Kier alpha value is -2.63. The Labute approximate surface area is 115 Å². The van der Waals surface area contributed by atoms with Crippen LogP contribution in [0.1, 0.15) is 21.7 Å². The molecule has 0 saturated carbocycles. The molecule has 0 saturated heterocycles. The number of carbonyl (C=O) groups excluding carboxylic acids is 1. The number of benzene rings is 1. The van der Waals surface area contributed by atoms with Gasteiger partial charge in [-0.3, -0.25) is 14.9 Å². The van der Waals surface area contributed by atoms with Crippen LogP contribution in [0.2, 0.25) is 0 Å². The van der Waals surface area contributed by atoms with Crippen molar-refractivity contribution in [3.63, 3.8) is 0 Å². The number of nitro groups is 1. The lowest BCUT2D eigenvalue weighted by Crippen LogP contribution is -2.02. The van der Waals surface area contributed by atoms with Gasteiger partial charge in [0.2, 0.25) is 0 Å². The van der Waals surface area contributed by atoms with Crippen LogP contribution in [0, 0.1) is 24.0 Å². The van der Waals surface area contributed by atoms with Crippen LogP contribution >= 0.6 is 0 Å². The van der Waals surface area contributed by atoms with Crippen molar-refractivity contribution in [2.45, 2.75) is 13.8 Å². The maximum absolute atomic E-state index is 11.1. The molecule has 0 unspecified atom stereocenters. The van der Waals surface area contributed by atoms with Crippen LogP contribution in [0.25, 0.3) is 5.69 Å². The SMILES string of the molecule is COc1ccc(-n2c(C)cc(C=O)c2C)cc1[N+](=O)[O-]. The van der Waals surface area contributed by atoms with Crippen molar-refractivity contribution >= 4 is 12.0 Å². The fourth-order valence-electron chi connectivity index (χ4n) is 2.26. The highest BCUT2D eigenvalue weighted by Crippen LogP contribution is 2.30. The van der Waals surface area contributed by atoms with E-state index in [0.29, 0.717) is 11.3 Å². The van der Waals surface area contributed by atoms with E-state index in [1.54, 1.807) is 29.7 Å². The number of rotatable bonds is 4. The van der Waals surface area contributed by atoms with Crippen LogP contribution < -0.4 is 4.74 Å². The lowest BCUT2D eigenvalue weighted by Gasteiger charge is -2.10. The van der Waals surface area contributed by atoms with Crippen molar-refractivity contribution in [1.82, 2.24) is 4.57 Å². The molecule has 1 aromatic carbocycles. The minimum Gasteiger partial charge on any atom is -0.490 e. The molecule has 104 valence electrons. The largest absolute Gasteiger partial charge is 0.490 e. The van der Waals surface area contributed by atoms with Crippen molar-refractivity contribution in [3.05, 3.63) is 51.3 Å². The highest BCUT2D eigenvalue weighted by molar-refractivity contribution is 5.77. The van der Waals surface area contributed by atoms with Gasteiger partial charge in [-0.1, -0.05) is 0 Å². The molecule has 0 amide bonds. The molecule has 0 aliphatic carbocycles. The van der Waals surface area contributed by atoms with Crippen LogP contribution in [0.5, 0.6) is 5.75 Å². The molecule has 20 heavy (non-hydrogen) atoms. The number of nitro benzene ring substituents is 1. The molecule has 0 bridgehead atoms. The van der Waals surface area contributed by atoms with Gasteiger partial charge in [0.05, 0.1) is 17.7 Å². The van der Waals surface area contributed by atoms with E-state index >= 15 is 0 Å². The highest BCUT2D eigenvalue weighted by Gasteiger charge is 2.18. The van der Waals surface area contributed by atoms with Gasteiger partial charge < -0.3 is 9.30 Å². The van der Waals surface area contributed by atoms with Crippen LogP contribution in [-0.4, -0.2) is 22.9 Å². The third-order valence-corrected chi connectivity index (χ3v) is 3.21. The highest BCUT2D eigenvalue weighted by atomic mass is 16.6. The standard InChI is InChI=1S/C14H14N2O4/c1-9-6-11(8-17)10(2)15(9)12-4-5-14(20-3)13(7-12)16(18)19/h4-8H,1-3H3. The molecule has 0 aliphatic heterocycles. The number of hydrogen-bond donors (Lipinski definition) is 0. The molecule has 0 aliphatic rings. The summed E-state index contributed by atoms with van der Waals surface area (Å²) >= 11 is 0. The van der Waals surface area contributed by atoms with E-state index in [1.165, 1.54) is 13.2 Å². The Morgan fingerprint density at radius 3 is 2.50 bits per heavy atom. The lowest BCUT2D eigenvalue weighted by molar-refractivity contribution is -0.385. The third-order valence-electron chi connectivity index (χ3n) is 3.21. The Morgan fingerprint density at radius 1 is 1.30 bits per heavy atom. The molecule has 0 fully saturated rings. The van der Waals surface area contributed by atoms with E-state index in [0.717, 1.165) is 17.7 Å². The van der Waals surface area contributed by atoms with Gasteiger partial charge in [0.25, 0.3) is 0 Å². The topological polar surface area (TPSA) is 74.4 Å². The minimum atomic E-state index is -0.489. The van der Waals surface area contributed by atoms with Gasteiger partial charge in [-0.15, -0.1) is 0 Å². The smallest absolute Gasteiger partial charge is 0.312 e. The quantitative estimate of drug-likeness (QED) is 0.488. The number of nitrogens with zero attached hydrogens (tertiary/aromatic N) is 2. The number of aryl methyl sites for hydroxylation is 1. The zero-order chi connectivity index (χ0) is 14.9. The normalized spacial score (nSPS) is 10.3. The first kappa shape index (κ1) is 13.8. The average Bonchev–Trinajstić information content (AvgIpc) is 2.72. The maximum Gasteiger partial charge on any atom is 0.312 e. The lowest BCUT2D eigenvalue weighted by atomic mass is 10.2. The summed E-state index contributed by atoms with van der Waals surface area (Å²) in [5.74, 6) is 0.205. The number of hydrogen-bond acceptors (Lipinski definition) is 4. The molecule has 0 atom stereocenters. The van der Waals surface area contributed by atoms with Crippen LogP contribution in [0.3, 0.4) is 0 Å². The molecule has 1 heterocycles. The van der Waals surface area contributed by atoms with Crippen LogP contribution in [-0.2, 0) is 0 Å². The maximum atomic E-state index is 11.1. The third kappa shape index (κ3) is 2.16. The predicted molar refractivity (Wildman–Crippen MR) is 73.8 cm³/mol. The zero-order valence-corrected chi connectivity index (χ0v) is 11.4. The van der Waals surface area contributed by atoms with Crippen molar-refractivity contribution in [1.29, 1.82) is 0 Å². The molecule has 2 rings (SSSR count). The van der Waals surface area contributed by atoms with Gasteiger partial charge in [0.1, 0.15) is 0 Å². The van der Waals surface area contributed by atoms with E-state index in [9.17, 15) is 14.9 Å². The molecule has 6 nitrogen and oxygen atoms in total. The Balaban J connectivity index is 2.65. The summed E-state index contributed by atoms with van der Waals surface area (Å²) in [4.78, 5) is 21.5. The number of carbonyl (C=O) groups is 1. The minimum absolute atomic E-state index is 0.106. The van der Waals surface area contributed by atoms with Crippen LogP contribution in [0.15, 0.2) is 24.3 Å². The predicted octanol–water partition coefficient (Wildman–Crippen LogP) is 2.82. The molecule has 6 heteroatoms. The van der Waals surface area contributed by atoms with Crippen molar-refractivity contribution < 1.29 is 14.5 Å². The molecule has 1 aromatic heterocycles. The molecule has 0 N–H and O–H groups in total. The molecule has 2 aromatic rings. The van der Waals surface area contributed by atoms with E-state index in [2.05, 4.69) is 0 Å². The van der Waals surface area contributed by atoms with Crippen molar-refractivity contribution in [3.8, 4) is 11.4 Å². The van der Waals surface area contributed by atoms with Gasteiger partial charge in [-0.25, -0.2) is 0 Å². The summed E-state index contributed by atoms with van der Waals surface area (Å²) in [7, 11) is 1.39.